The maximum atomic E-state index is 14.0. The molecule has 3 nitrogen and oxygen atoms in total. The Balaban J connectivity index is 1.97. The molecular weight excluding hydrogens is 271 g/mol. The molecule has 0 bridgehead atoms. The van der Waals surface area contributed by atoms with Crippen molar-refractivity contribution in [2.45, 2.75) is 25.4 Å². The van der Waals surface area contributed by atoms with Crippen LogP contribution in [0.3, 0.4) is 0 Å². The van der Waals surface area contributed by atoms with Gasteiger partial charge in [-0.15, -0.1) is 0 Å². The predicted molar refractivity (Wildman–Crippen MR) is 76.1 cm³/mol. The Morgan fingerprint density at radius 3 is 2.81 bits per heavy atom. The molecule has 1 aliphatic carbocycles. The Labute approximate surface area is 122 Å². The SMILES string of the molecule is O=C(O)c1cccc(F)c1OC1CCCc2ccccc21. The molecular formula is C17H15FO3. The van der Waals surface area contributed by atoms with E-state index in [1.165, 1.54) is 23.8 Å². The second kappa shape index (κ2) is 5.56. The predicted octanol–water partition coefficient (Wildman–Crippen LogP) is 3.98. The highest BCUT2D eigenvalue weighted by atomic mass is 19.1. The molecule has 0 radical (unpaired) electrons. The molecule has 0 heterocycles. The van der Waals surface area contributed by atoms with Crippen molar-refractivity contribution in [1.82, 2.24) is 0 Å². The highest BCUT2D eigenvalue weighted by Gasteiger charge is 2.25. The Kier molecular flexibility index (Phi) is 3.60. The van der Waals surface area contributed by atoms with Gasteiger partial charge in [0.1, 0.15) is 11.7 Å². The molecule has 0 saturated heterocycles. The van der Waals surface area contributed by atoms with Crippen LogP contribution in [-0.2, 0) is 6.42 Å². The summed E-state index contributed by atoms with van der Waals surface area (Å²) in [5.74, 6) is -2.00. The zero-order valence-corrected chi connectivity index (χ0v) is 11.4. The van der Waals surface area contributed by atoms with Crippen LogP contribution in [0.4, 0.5) is 4.39 Å². The number of halogens is 1. The summed E-state index contributed by atoms with van der Waals surface area (Å²) < 4.78 is 19.7. The molecule has 2 aromatic rings. The van der Waals surface area contributed by atoms with E-state index in [4.69, 9.17) is 9.84 Å². The van der Waals surface area contributed by atoms with Crippen molar-refractivity contribution in [3.05, 3.63) is 65.0 Å². The molecule has 108 valence electrons. The van der Waals surface area contributed by atoms with E-state index in [9.17, 15) is 9.18 Å². The highest BCUT2D eigenvalue weighted by Crippen LogP contribution is 2.35. The van der Waals surface area contributed by atoms with Crippen molar-refractivity contribution in [3.8, 4) is 5.75 Å². The Morgan fingerprint density at radius 1 is 1.19 bits per heavy atom. The lowest BCUT2D eigenvalue weighted by Gasteiger charge is -2.27. The Morgan fingerprint density at radius 2 is 2.00 bits per heavy atom. The number of benzene rings is 2. The lowest BCUT2D eigenvalue weighted by atomic mass is 9.89. The fourth-order valence-corrected chi connectivity index (χ4v) is 2.77. The summed E-state index contributed by atoms with van der Waals surface area (Å²) in [5, 5.41) is 9.17. The molecule has 0 spiro atoms. The number of para-hydroxylation sites is 1. The summed E-state index contributed by atoms with van der Waals surface area (Å²) in [6.45, 7) is 0. The average Bonchev–Trinajstić information content (AvgIpc) is 2.49. The van der Waals surface area contributed by atoms with Gasteiger partial charge in [-0.25, -0.2) is 9.18 Å². The van der Waals surface area contributed by atoms with E-state index in [0.29, 0.717) is 0 Å². The van der Waals surface area contributed by atoms with Gasteiger partial charge in [0, 0.05) is 0 Å². The number of fused-ring (bicyclic) bond motifs is 1. The van der Waals surface area contributed by atoms with Crippen LogP contribution in [0.1, 0.15) is 40.4 Å². The summed E-state index contributed by atoms with van der Waals surface area (Å²) in [5.41, 5.74) is 2.06. The van der Waals surface area contributed by atoms with Gasteiger partial charge in [-0.1, -0.05) is 30.3 Å². The van der Waals surface area contributed by atoms with Crippen LogP contribution in [0.5, 0.6) is 5.75 Å². The molecule has 1 aliphatic rings. The standard InChI is InChI=1S/C17H15FO3/c18-14-9-4-8-13(17(19)20)16(14)21-15-10-3-6-11-5-1-2-7-12(11)15/h1-2,4-5,7-9,15H,3,6,10H2,(H,19,20). The normalized spacial score (nSPS) is 17.1. The fraction of sp³-hybridized carbons (Fsp3) is 0.235. The molecule has 0 saturated carbocycles. The molecule has 0 amide bonds. The first-order chi connectivity index (χ1) is 10.2. The zero-order valence-electron chi connectivity index (χ0n) is 11.4. The number of hydrogen-bond donors (Lipinski definition) is 1. The zero-order chi connectivity index (χ0) is 14.8. The minimum absolute atomic E-state index is 0.141. The second-order valence-electron chi connectivity index (χ2n) is 5.12. The molecule has 3 rings (SSSR count). The molecule has 1 N–H and O–H groups in total. The molecule has 0 aliphatic heterocycles. The van der Waals surface area contributed by atoms with E-state index in [0.717, 1.165) is 24.8 Å². The van der Waals surface area contributed by atoms with Crippen LogP contribution >= 0.6 is 0 Å². The Hall–Kier alpha value is -2.36. The van der Waals surface area contributed by atoms with Crippen LogP contribution in [-0.4, -0.2) is 11.1 Å². The third-order valence-electron chi connectivity index (χ3n) is 3.77. The van der Waals surface area contributed by atoms with Gasteiger partial charge in [0.05, 0.1) is 0 Å². The van der Waals surface area contributed by atoms with Crippen molar-refractivity contribution >= 4 is 5.97 Å². The molecule has 1 atom stereocenters. The lowest BCUT2D eigenvalue weighted by Crippen LogP contribution is -2.17. The highest BCUT2D eigenvalue weighted by molar-refractivity contribution is 5.90. The number of hydrogen-bond acceptors (Lipinski definition) is 2. The summed E-state index contributed by atoms with van der Waals surface area (Å²) in [4.78, 5) is 11.2. The third-order valence-corrected chi connectivity index (χ3v) is 3.77. The van der Waals surface area contributed by atoms with Crippen molar-refractivity contribution in [3.63, 3.8) is 0 Å². The van der Waals surface area contributed by atoms with Gasteiger partial charge in [-0.05, 0) is 42.5 Å². The summed E-state index contributed by atoms with van der Waals surface area (Å²) in [6, 6.07) is 11.8. The number of aryl methyl sites for hydroxylation is 1. The molecule has 1 unspecified atom stereocenters. The number of ether oxygens (including phenoxy) is 1. The largest absolute Gasteiger partial charge is 0.482 e. The van der Waals surface area contributed by atoms with Crippen molar-refractivity contribution < 1.29 is 19.0 Å². The van der Waals surface area contributed by atoms with E-state index in [2.05, 4.69) is 0 Å². The Bertz CT molecular complexity index is 681. The van der Waals surface area contributed by atoms with E-state index in [1.54, 1.807) is 0 Å². The van der Waals surface area contributed by atoms with Gasteiger partial charge in [0.15, 0.2) is 11.6 Å². The van der Waals surface area contributed by atoms with Crippen molar-refractivity contribution in [1.29, 1.82) is 0 Å². The smallest absolute Gasteiger partial charge is 0.339 e. The van der Waals surface area contributed by atoms with Gasteiger partial charge >= 0.3 is 5.97 Å². The average molecular weight is 286 g/mol. The minimum Gasteiger partial charge on any atom is -0.482 e. The van der Waals surface area contributed by atoms with Crippen molar-refractivity contribution in [2.75, 3.05) is 0 Å². The fourth-order valence-electron chi connectivity index (χ4n) is 2.77. The maximum absolute atomic E-state index is 14.0. The van der Waals surface area contributed by atoms with Crippen molar-refractivity contribution in [2.24, 2.45) is 0 Å². The van der Waals surface area contributed by atoms with Gasteiger partial charge in [-0.2, -0.15) is 0 Å². The van der Waals surface area contributed by atoms with Crippen LogP contribution in [0.25, 0.3) is 0 Å². The number of carboxylic acid groups (broad SMARTS) is 1. The molecule has 21 heavy (non-hydrogen) atoms. The minimum atomic E-state index is -1.19. The first-order valence-electron chi connectivity index (χ1n) is 6.93. The number of carboxylic acids is 1. The maximum Gasteiger partial charge on any atom is 0.339 e. The molecule has 0 aromatic heterocycles. The molecule has 4 heteroatoms. The molecule has 2 aromatic carbocycles. The van der Waals surface area contributed by atoms with Gasteiger partial charge in [0.25, 0.3) is 0 Å². The molecule has 0 fully saturated rings. The number of aromatic carboxylic acids is 1. The number of carbonyl (C=O) groups is 1. The van der Waals surface area contributed by atoms with Gasteiger partial charge in [0.2, 0.25) is 0 Å². The van der Waals surface area contributed by atoms with Gasteiger partial charge in [-0.3, -0.25) is 0 Å². The first-order valence-corrected chi connectivity index (χ1v) is 6.93. The van der Waals surface area contributed by atoms with E-state index >= 15 is 0 Å². The van der Waals surface area contributed by atoms with E-state index < -0.39 is 11.8 Å². The topological polar surface area (TPSA) is 46.5 Å². The van der Waals surface area contributed by atoms with E-state index in [1.807, 2.05) is 24.3 Å². The summed E-state index contributed by atoms with van der Waals surface area (Å²) >= 11 is 0. The summed E-state index contributed by atoms with van der Waals surface area (Å²) in [6.07, 6.45) is 2.37. The third kappa shape index (κ3) is 2.61. The first kappa shape index (κ1) is 13.6. The van der Waals surface area contributed by atoms with Crippen LogP contribution in [0.15, 0.2) is 42.5 Å². The van der Waals surface area contributed by atoms with Crippen LogP contribution in [0, 0.1) is 5.82 Å². The quantitative estimate of drug-likeness (QED) is 0.928. The number of rotatable bonds is 3. The lowest BCUT2D eigenvalue weighted by molar-refractivity contribution is 0.0685. The summed E-state index contributed by atoms with van der Waals surface area (Å²) in [7, 11) is 0. The van der Waals surface area contributed by atoms with Crippen LogP contribution < -0.4 is 4.74 Å². The van der Waals surface area contributed by atoms with Crippen LogP contribution in [0.2, 0.25) is 0 Å². The second-order valence-corrected chi connectivity index (χ2v) is 5.12. The monoisotopic (exact) mass is 286 g/mol. The van der Waals surface area contributed by atoms with Gasteiger partial charge < -0.3 is 9.84 Å². The van der Waals surface area contributed by atoms with E-state index in [-0.39, 0.29) is 17.4 Å².